The van der Waals surface area contributed by atoms with Crippen LogP contribution in [-0.4, -0.2) is 6.18 Å². The molecule has 0 aliphatic rings. The average molecular weight is 202 g/mol. The van der Waals surface area contributed by atoms with Gasteiger partial charge in [-0.05, 0) is 31.9 Å². The van der Waals surface area contributed by atoms with E-state index in [-0.39, 0.29) is 0 Å². The molecule has 78 valence electrons. The molecule has 0 saturated carbocycles. The van der Waals surface area contributed by atoms with Crippen LogP contribution in [0.25, 0.3) is 0 Å². The van der Waals surface area contributed by atoms with Crippen molar-refractivity contribution in [1.29, 1.82) is 0 Å². The summed E-state index contributed by atoms with van der Waals surface area (Å²) >= 11 is 0. The lowest BCUT2D eigenvalue weighted by molar-refractivity contribution is -0.146. The minimum absolute atomic E-state index is 0.373. The van der Waals surface area contributed by atoms with E-state index in [9.17, 15) is 13.2 Å². The minimum Gasteiger partial charge on any atom is -0.170 e. The third-order valence-corrected chi connectivity index (χ3v) is 2.39. The molecule has 0 aromatic heterocycles. The van der Waals surface area contributed by atoms with Gasteiger partial charge in [0.1, 0.15) is 0 Å². The molecule has 1 rings (SSSR count). The highest BCUT2D eigenvalue weighted by molar-refractivity contribution is 5.33. The van der Waals surface area contributed by atoms with Crippen LogP contribution in [0, 0.1) is 13.8 Å². The molecule has 1 unspecified atom stereocenters. The minimum atomic E-state index is -4.15. The van der Waals surface area contributed by atoms with Crippen molar-refractivity contribution in [1.82, 2.24) is 0 Å². The summed E-state index contributed by atoms with van der Waals surface area (Å²) in [5.41, 5.74) is 1.93. The Hall–Kier alpha value is -0.990. The molecule has 0 spiro atoms. The summed E-state index contributed by atoms with van der Waals surface area (Å²) in [5.74, 6) is -1.39. The molecule has 0 bridgehead atoms. The van der Waals surface area contributed by atoms with Gasteiger partial charge in [-0.15, -0.1) is 0 Å². The Balaban J connectivity index is 3.12. The molecule has 0 radical (unpaired) electrons. The summed E-state index contributed by atoms with van der Waals surface area (Å²) in [5, 5.41) is 0. The Labute approximate surface area is 81.8 Å². The third-order valence-electron chi connectivity index (χ3n) is 2.39. The Bertz CT molecular complexity index is 326. The van der Waals surface area contributed by atoms with E-state index in [1.54, 1.807) is 26.0 Å². The first-order valence-corrected chi connectivity index (χ1v) is 4.46. The molecule has 0 aliphatic heterocycles. The van der Waals surface area contributed by atoms with Crippen molar-refractivity contribution in [2.24, 2.45) is 0 Å². The topological polar surface area (TPSA) is 0 Å². The van der Waals surface area contributed by atoms with E-state index in [4.69, 9.17) is 0 Å². The third kappa shape index (κ3) is 2.28. The van der Waals surface area contributed by atoms with Gasteiger partial charge in [0, 0.05) is 0 Å². The summed E-state index contributed by atoms with van der Waals surface area (Å²) in [4.78, 5) is 0. The molecule has 1 aromatic rings. The molecule has 0 aliphatic carbocycles. The molecular formula is C11H13F3. The van der Waals surface area contributed by atoms with Crippen molar-refractivity contribution >= 4 is 0 Å². The van der Waals surface area contributed by atoms with Crippen molar-refractivity contribution in [3.05, 3.63) is 34.9 Å². The van der Waals surface area contributed by atoms with Crippen molar-refractivity contribution in [2.75, 3.05) is 0 Å². The fourth-order valence-corrected chi connectivity index (χ4v) is 1.40. The van der Waals surface area contributed by atoms with E-state index in [0.29, 0.717) is 11.1 Å². The Morgan fingerprint density at radius 2 is 1.71 bits per heavy atom. The summed E-state index contributed by atoms with van der Waals surface area (Å²) in [6.45, 7) is 4.70. The highest BCUT2D eigenvalue weighted by atomic mass is 19.4. The SMILES string of the molecule is Cc1ccc(C)c(C(C)C(F)(F)F)c1. The monoisotopic (exact) mass is 202 g/mol. The Kier molecular flexibility index (Phi) is 2.88. The van der Waals surface area contributed by atoms with E-state index in [0.717, 1.165) is 5.56 Å². The van der Waals surface area contributed by atoms with Crippen LogP contribution in [0.15, 0.2) is 18.2 Å². The lowest BCUT2D eigenvalue weighted by Gasteiger charge is -2.18. The number of rotatable bonds is 1. The molecule has 0 fully saturated rings. The molecule has 1 aromatic carbocycles. The maximum atomic E-state index is 12.4. The normalized spacial score (nSPS) is 14.1. The molecular weight excluding hydrogens is 189 g/mol. The van der Waals surface area contributed by atoms with Crippen LogP contribution in [0.5, 0.6) is 0 Å². The van der Waals surface area contributed by atoms with E-state index < -0.39 is 12.1 Å². The second-order valence-corrected chi connectivity index (χ2v) is 3.62. The highest BCUT2D eigenvalue weighted by Crippen LogP contribution is 2.35. The van der Waals surface area contributed by atoms with E-state index >= 15 is 0 Å². The number of aryl methyl sites for hydroxylation is 2. The molecule has 0 amide bonds. The Morgan fingerprint density at radius 3 is 2.21 bits per heavy atom. The first-order valence-electron chi connectivity index (χ1n) is 4.46. The molecule has 0 heterocycles. The second-order valence-electron chi connectivity index (χ2n) is 3.62. The maximum absolute atomic E-state index is 12.4. The Morgan fingerprint density at radius 1 is 1.14 bits per heavy atom. The van der Waals surface area contributed by atoms with Gasteiger partial charge in [0.2, 0.25) is 0 Å². The smallest absolute Gasteiger partial charge is 0.170 e. The van der Waals surface area contributed by atoms with Crippen molar-refractivity contribution in [3.63, 3.8) is 0 Å². The zero-order chi connectivity index (χ0) is 10.9. The maximum Gasteiger partial charge on any atom is 0.395 e. The van der Waals surface area contributed by atoms with Crippen molar-refractivity contribution in [3.8, 4) is 0 Å². The molecule has 1 atom stereocenters. The zero-order valence-corrected chi connectivity index (χ0v) is 8.44. The largest absolute Gasteiger partial charge is 0.395 e. The number of alkyl halides is 3. The number of halogens is 3. The predicted molar refractivity (Wildman–Crippen MR) is 50.4 cm³/mol. The number of hydrogen-bond donors (Lipinski definition) is 0. The van der Waals surface area contributed by atoms with Crippen LogP contribution in [-0.2, 0) is 0 Å². The molecule has 0 saturated heterocycles. The van der Waals surface area contributed by atoms with Gasteiger partial charge in [-0.3, -0.25) is 0 Å². The average Bonchev–Trinajstić information content (AvgIpc) is 2.06. The van der Waals surface area contributed by atoms with Crippen LogP contribution in [0.4, 0.5) is 13.2 Å². The van der Waals surface area contributed by atoms with Crippen molar-refractivity contribution in [2.45, 2.75) is 32.9 Å². The molecule has 0 N–H and O–H groups in total. The standard InChI is InChI=1S/C11H13F3/c1-7-4-5-8(2)10(6-7)9(3)11(12,13)14/h4-6,9H,1-3H3. The summed E-state index contributed by atoms with van der Waals surface area (Å²) in [6.07, 6.45) is -4.15. The van der Waals surface area contributed by atoms with Crippen LogP contribution in [0.3, 0.4) is 0 Å². The van der Waals surface area contributed by atoms with Gasteiger partial charge in [0.05, 0.1) is 5.92 Å². The number of benzene rings is 1. The zero-order valence-electron chi connectivity index (χ0n) is 8.44. The van der Waals surface area contributed by atoms with Gasteiger partial charge in [0.25, 0.3) is 0 Å². The van der Waals surface area contributed by atoms with Crippen LogP contribution < -0.4 is 0 Å². The van der Waals surface area contributed by atoms with Crippen LogP contribution in [0.2, 0.25) is 0 Å². The van der Waals surface area contributed by atoms with E-state index in [1.165, 1.54) is 6.92 Å². The lowest BCUT2D eigenvalue weighted by Crippen LogP contribution is -2.18. The van der Waals surface area contributed by atoms with E-state index in [2.05, 4.69) is 0 Å². The van der Waals surface area contributed by atoms with Gasteiger partial charge in [0.15, 0.2) is 0 Å². The van der Waals surface area contributed by atoms with Crippen molar-refractivity contribution < 1.29 is 13.2 Å². The number of hydrogen-bond acceptors (Lipinski definition) is 0. The van der Waals surface area contributed by atoms with Gasteiger partial charge in [-0.1, -0.05) is 23.8 Å². The highest BCUT2D eigenvalue weighted by Gasteiger charge is 2.37. The summed E-state index contributed by atoms with van der Waals surface area (Å²) in [7, 11) is 0. The lowest BCUT2D eigenvalue weighted by atomic mass is 9.94. The van der Waals surface area contributed by atoms with Crippen LogP contribution in [0.1, 0.15) is 29.5 Å². The first kappa shape index (κ1) is 11.1. The molecule has 0 nitrogen and oxygen atoms in total. The van der Waals surface area contributed by atoms with Gasteiger partial charge in [-0.25, -0.2) is 0 Å². The van der Waals surface area contributed by atoms with Gasteiger partial charge >= 0.3 is 6.18 Å². The second kappa shape index (κ2) is 3.64. The van der Waals surface area contributed by atoms with Gasteiger partial charge in [-0.2, -0.15) is 13.2 Å². The van der Waals surface area contributed by atoms with Crippen LogP contribution >= 0.6 is 0 Å². The van der Waals surface area contributed by atoms with Gasteiger partial charge < -0.3 is 0 Å². The van der Waals surface area contributed by atoms with E-state index in [1.807, 2.05) is 6.07 Å². The molecule has 3 heteroatoms. The quantitative estimate of drug-likeness (QED) is 0.646. The summed E-state index contributed by atoms with van der Waals surface area (Å²) < 4.78 is 37.3. The fourth-order valence-electron chi connectivity index (χ4n) is 1.40. The predicted octanol–water partition coefficient (Wildman–Crippen LogP) is 3.97. The first-order chi connectivity index (χ1) is 6.32. The fraction of sp³-hybridized carbons (Fsp3) is 0.455. The molecule has 14 heavy (non-hydrogen) atoms. The summed E-state index contributed by atoms with van der Waals surface area (Å²) in [6, 6.07) is 5.16.